The molecule has 0 aliphatic heterocycles. The first-order chi connectivity index (χ1) is 10.6. The van der Waals surface area contributed by atoms with Crippen LogP contribution >= 0.6 is 24.0 Å². The highest BCUT2D eigenvalue weighted by atomic mass is 35.5. The molecule has 3 rings (SSSR count). The Hall–Kier alpha value is -1.78. The van der Waals surface area contributed by atoms with E-state index in [9.17, 15) is 4.79 Å². The summed E-state index contributed by atoms with van der Waals surface area (Å²) in [5.74, 6) is 0.433. The number of aromatic nitrogens is 1. The van der Waals surface area contributed by atoms with Gasteiger partial charge in [0.05, 0.1) is 17.3 Å². The Labute approximate surface area is 146 Å². The molecule has 3 N–H and O–H groups in total. The van der Waals surface area contributed by atoms with Crippen LogP contribution in [0, 0.1) is 0 Å². The van der Waals surface area contributed by atoms with Gasteiger partial charge in [-0.3, -0.25) is 4.79 Å². The van der Waals surface area contributed by atoms with Crippen molar-refractivity contribution in [2.24, 2.45) is 0 Å². The van der Waals surface area contributed by atoms with Gasteiger partial charge in [0.25, 0.3) is 0 Å². The largest absolute Gasteiger partial charge is 0.384 e. The summed E-state index contributed by atoms with van der Waals surface area (Å²) in [4.78, 5) is 16.9. The van der Waals surface area contributed by atoms with E-state index < -0.39 is 5.41 Å². The topological polar surface area (TPSA) is 68.0 Å². The zero-order valence-corrected chi connectivity index (χ0v) is 14.2. The molecule has 1 aromatic heterocycles. The van der Waals surface area contributed by atoms with E-state index in [1.165, 1.54) is 0 Å². The van der Waals surface area contributed by atoms with Crippen LogP contribution in [-0.2, 0) is 10.2 Å². The Morgan fingerprint density at radius 2 is 1.96 bits per heavy atom. The molecule has 1 aromatic carbocycles. The quantitative estimate of drug-likeness (QED) is 0.870. The minimum Gasteiger partial charge on any atom is -0.384 e. The molecular weight excluding hydrogens is 333 g/mol. The maximum absolute atomic E-state index is 12.9. The molecule has 4 nitrogen and oxygen atoms in total. The fourth-order valence-electron chi connectivity index (χ4n) is 3.14. The number of halogens is 2. The molecule has 1 heterocycles. The van der Waals surface area contributed by atoms with Gasteiger partial charge < -0.3 is 11.1 Å². The second-order valence-corrected chi connectivity index (χ2v) is 6.16. The lowest BCUT2D eigenvalue weighted by atomic mass is 9.78. The van der Waals surface area contributed by atoms with Crippen molar-refractivity contribution in [1.29, 1.82) is 0 Å². The van der Waals surface area contributed by atoms with E-state index in [2.05, 4.69) is 10.3 Å². The molecule has 0 bridgehead atoms. The standard InChI is InChI=1S/C17H18ClN3O.ClH/c18-13-5-3-4-12(10-13)17(8-1-2-9-17)16(22)21-14-6-7-15(19)20-11-14;/h3-7,10-11H,1-2,8-9H2,(H2,19,20)(H,21,22);1H. The van der Waals surface area contributed by atoms with Crippen LogP contribution in [0.3, 0.4) is 0 Å². The van der Waals surface area contributed by atoms with Crippen LogP contribution in [0.5, 0.6) is 0 Å². The Morgan fingerprint density at radius 1 is 1.22 bits per heavy atom. The van der Waals surface area contributed by atoms with Crippen LogP contribution in [0.1, 0.15) is 31.2 Å². The average Bonchev–Trinajstić information content (AvgIpc) is 3.00. The van der Waals surface area contributed by atoms with Crippen molar-refractivity contribution in [2.75, 3.05) is 11.1 Å². The molecule has 0 unspecified atom stereocenters. The fraction of sp³-hybridized carbons (Fsp3) is 0.294. The summed E-state index contributed by atoms with van der Waals surface area (Å²) in [5.41, 5.74) is 6.71. The Morgan fingerprint density at radius 3 is 2.57 bits per heavy atom. The van der Waals surface area contributed by atoms with Gasteiger partial charge >= 0.3 is 0 Å². The first kappa shape index (κ1) is 17.6. The first-order valence-corrected chi connectivity index (χ1v) is 7.77. The second-order valence-electron chi connectivity index (χ2n) is 5.73. The van der Waals surface area contributed by atoms with Crippen LogP contribution in [0.15, 0.2) is 42.6 Å². The number of carbonyl (C=O) groups excluding carboxylic acids is 1. The summed E-state index contributed by atoms with van der Waals surface area (Å²) >= 11 is 6.11. The number of amides is 1. The molecule has 122 valence electrons. The molecule has 0 atom stereocenters. The fourth-order valence-corrected chi connectivity index (χ4v) is 3.33. The third kappa shape index (κ3) is 3.59. The van der Waals surface area contributed by atoms with Crippen molar-refractivity contribution in [3.63, 3.8) is 0 Å². The Balaban J connectivity index is 0.00000192. The number of hydrogen-bond donors (Lipinski definition) is 2. The number of nitrogens with two attached hydrogens (primary N) is 1. The van der Waals surface area contributed by atoms with Gasteiger partial charge in [-0.05, 0) is 42.7 Å². The van der Waals surface area contributed by atoms with Crippen molar-refractivity contribution in [3.05, 3.63) is 53.2 Å². The maximum atomic E-state index is 12.9. The van der Waals surface area contributed by atoms with Crippen molar-refractivity contribution in [1.82, 2.24) is 4.98 Å². The van der Waals surface area contributed by atoms with Gasteiger partial charge in [0, 0.05) is 5.02 Å². The van der Waals surface area contributed by atoms with Crippen LogP contribution < -0.4 is 11.1 Å². The van der Waals surface area contributed by atoms with E-state index in [0.717, 1.165) is 31.2 Å². The molecule has 23 heavy (non-hydrogen) atoms. The number of carbonyl (C=O) groups is 1. The number of hydrogen-bond acceptors (Lipinski definition) is 3. The van der Waals surface area contributed by atoms with Crippen molar-refractivity contribution < 1.29 is 4.79 Å². The number of pyridine rings is 1. The smallest absolute Gasteiger partial charge is 0.235 e. The second kappa shape index (κ2) is 7.20. The number of nitrogens with one attached hydrogen (secondary N) is 1. The molecule has 0 saturated heterocycles. The molecule has 2 aromatic rings. The monoisotopic (exact) mass is 351 g/mol. The van der Waals surface area contributed by atoms with Gasteiger partial charge in [-0.25, -0.2) is 4.98 Å². The summed E-state index contributed by atoms with van der Waals surface area (Å²) in [5, 5.41) is 3.63. The van der Waals surface area contributed by atoms with Crippen LogP contribution in [0.2, 0.25) is 5.02 Å². The van der Waals surface area contributed by atoms with Gasteiger partial charge in [-0.15, -0.1) is 12.4 Å². The van der Waals surface area contributed by atoms with E-state index in [4.69, 9.17) is 17.3 Å². The summed E-state index contributed by atoms with van der Waals surface area (Å²) in [6, 6.07) is 11.0. The average molecular weight is 352 g/mol. The molecule has 0 spiro atoms. The molecule has 0 radical (unpaired) electrons. The summed E-state index contributed by atoms with van der Waals surface area (Å²) in [6.07, 6.45) is 5.33. The van der Waals surface area contributed by atoms with Gasteiger partial charge in [0.1, 0.15) is 5.82 Å². The minimum atomic E-state index is -0.508. The molecule has 1 aliphatic carbocycles. The van der Waals surface area contributed by atoms with Crippen molar-refractivity contribution in [3.8, 4) is 0 Å². The number of benzene rings is 1. The predicted octanol–water partition coefficient (Wildman–Crippen LogP) is 4.19. The maximum Gasteiger partial charge on any atom is 0.235 e. The highest BCUT2D eigenvalue weighted by Gasteiger charge is 2.42. The van der Waals surface area contributed by atoms with E-state index in [-0.39, 0.29) is 18.3 Å². The molecule has 1 saturated carbocycles. The highest BCUT2D eigenvalue weighted by Crippen LogP contribution is 2.42. The van der Waals surface area contributed by atoms with E-state index in [1.807, 2.05) is 24.3 Å². The highest BCUT2D eigenvalue weighted by molar-refractivity contribution is 6.30. The van der Waals surface area contributed by atoms with Crippen molar-refractivity contribution in [2.45, 2.75) is 31.1 Å². The van der Waals surface area contributed by atoms with Crippen molar-refractivity contribution >= 4 is 41.4 Å². The predicted molar refractivity (Wildman–Crippen MR) is 96.1 cm³/mol. The van der Waals surface area contributed by atoms with Gasteiger partial charge in [0.15, 0.2) is 0 Å². The zero-order valence-electron chi connectivity index (χ0n) is 12.6. The number of nitrogens with zero attached hydrogens (tertiary/aromatic N) is 1. The van der Waals surface area contributed by atoms with E-state index >= 15 is 0 Å². The van der Waals surface area contributed by atoms with Gasteiger partial charge in [-0.1, -0.05) is 36.6 Å². The van der Waals surface area contributed by atoms with Gasteiger partial charge in [0.2, 0.25) is 5.91 Å². The summed E-state index contributed by atoms with van der Waals surface area (Å²) in [6.45, 7) is 0. The van der Waals surface area contributed by atoms with E-state index in [1.54, 1.807) is 18.3 Å². The third-order valence-electron chi connectivity index (χ3n) is 4.31. The van der Waals surface area contributed by atoms with Crippen LogP contribution in [-0.4, -0.2) is 10.9 Å². The molecular formula is C17H19Cl2N3O. The molecule has 6 heteroatoms. The lowest BCUT2D eigenvalue weighted by Gasteiger charge is -2.28. The summed E-state index contributed by atoms with van der Waals surface area (Å²) < 4.78 is 0. The lowest BCUT2D eigenvalue weighted by molar-refractivity contribution is -0.121. The normalized spacial score (nSPS) is 15.7. The zero-order chi connectivity index (χ0) is 15.6. The Bertz CT molecular complexity index is 682. The minimum absolute atomic E-state index is 0. The Kier molecular flexibility index (Phi) is 5.50. The molecule has 1 amide bonds. The lowest BCUT2D eigenvalue weighted by Crippen LogP contribution is -2.38. The molecule has 1 aliphatic rings. The number of rotatable bonds is 3. The van der Waals surface area contributed by atoms with Crippen LogP contribution in [0.4, 0.5) is 11.5 Å². The number of nitrogen functional groups attached to an aromatic ring is 1. The summed E-state index contributed by atoms with van der Waals surface area (Å²) in [7, 11) is 0. The SMILES string of the molecule is Cl.Nc1ccc(NC(=O)C2(c3cccc(Cl)c3)CCCC2)cn1. The van der Waals surface area contributed by atoms with E-state index in [0.29, 0.717) is 16.5 Å². The number of anilines is 2. The van der Waals surface area contributed by atoms with Crippen LogP contribution in [0.25, 0.3) is 0 Å². The van der Waals surface area contributed by atoms with Gasteiger partial charge in [-0.2, -0.15) is 0 Å². The first-order valence-electron chi connectivity index (χ1n) is 7.39. The third-order valence-corrected chi connectivity index (χ3v) is 4.55. The molecule has 1 fully saturated rings.